The largest absolute Gasteiger partial charge is 0.493 e. The molecule has 4 heteroatoms. The molecule has 2 aromatic rings. The van der Waals surface area contributed by atoms with Gasteiger partial charge >= 0.3 is 0 Å². The van der Waals surface area contributed by atoms with Crippen LogP contribution in [0.15, 0.2) is 36.5 Å². The molecule has 0 spiro atoms. The van der Waals surface area contributed by atoms with E-state index in [1.807, 2.05) is 18.2 Å². The van der Waals surface area contributed by atoms with Gasteiger partial charge in [-0.05, 0) is 35.7 Å². The number of hydrogen-bond acceptors (Lipinski definition) is 4. The number of benzene rings is 1. The van der Waals surface area contributed by atoms with E-state index >= 15 is 0 Å². The number of aromatic nitrogens is 1. The maximum absolute atomic E-state index is 9.09. The standard InChI is InChI=1S/C15H17NO3/c1-3-11-4-5-13(14(8-11)18-2)19-15-9-12(10-17)6-7-16-15/h4-9,17H,3,10H2,1-2H3. The molecule has 1 aromatic carbocycles. The van der Waals surface area contributed by atoms with Gasteiger partial charge in [-0.1, -0.05) is 13.0 Å². The first kappa shape index (κ1) is 13.4. The highest BCUT2D eigenvalue weighted by Gasteiger charge is 2.07. The molecule has 0 saturated heterocycles. The van der Waals surface area contributed by atoms with Crippen LogP contribution in [0.2, 0.25) is 0 Å². The van der Waals surface area contributed by atoms with Crippen molar-refractivity contribution in [1.29, 1.82) is 0 Å². The Morgan fingerprint density at radius 1 is 1.11 bits per heavy atom. The lowest BCUT2D eigenvalue weighted by molar-refractivity contribution is 0.281. The molecule has 0 fully saturated rings. The first-order valence-electron chi connectivity index (χ1n) is 6.17. The Kier molecular flexibility index (Phi) is 4.36. The maximum atomic E-state index is 9.09. The van der Waals surface area contributed by atoms with Crippen LogP contribution in [0.3, 0.4) is 0 Å². The van der Waals surface area contributed by atoms with Gasteiger partial charge in [0.1, 0.15) is 0 Å². The molecule has 0 radical (unpaired) electrons. The number of nitrogens with zero attached hydrogens (tertiary/aromatic N) is 1. The third-order valence-electron chi connectivity index (χ3n) is 2.83. The molecule has 0 bridgehead atoms. The van der Waals surface area contributed by atoms with E-state index in [1.165, 1.54) is 5.56 Å². The Balaban J connectivity index is 2.26. The highest BCUT2D eigenvalue weighted by Crippen LogP contribution is 2.31. The number of methoxy groups -OCH3 is 1. The zero-order valence-electron chi connectivity index (χ0n) is 11.1. The topological polar surface area (TPSA) is 51.6 Å². The number of hydrogen-bond donors (Lipinski definition) is 1. The minimum atomic E-state index is -0.0369. The van der Waals surface area contributed by atoms with Crippen LogP contribution in [0.1, 0.15) is 18.1 Å². The molecule has 100 valence electrons. The molecule has 4 nitrogen and oxygen atoms in total. The maximum Gasteiger partial charge on any atom is 0.219 e. The van der Waals surface area contributed by atoms with Gasteiger partial charge < -0.3 is 14.6 Å². The van der Waals surface area contributed by atoms with E-state index in [2.05, 4.69) is 11.9 Å². The molecular weight excluding hydrogens is 242 g/mol. The average molecular weight is 259 g/mol. The minimum Gasteiger partial charge on any atom is -0.493 e. The van der Waals surface area contributed by atoms with Gasteiger partial charge in [0.15, 0.2) is 11.5 Å². The molecule has 0 unspecified atom stereocenters. The van der Waals surface area contributed by atoms with E-state index in [0.29, 0.717) is 17.4 Å². The van der Waals surface area contributed by atoms with Gasteiger partial charge in [-0.2, -0.15) is 0 Å². The van der Waals surface area contributed by atoms with Crippen molar-refractivity contribution >= 4 is 0 Å². The van der Waals surface area contributed by atoms with Crippen molar-refractivity contribution in [2.45, 2.75) is 20.0 Å². The zero-order valence-corrected chi connectivity index (χ0v) is 11.1. The highest BCUT2D eigenvalue weighted by atomic mass is 16.5. The Morgan fingerprint density at radius 2 is 1.95 bits per heavy atom. The summed E-state index contributed by atoms with van der Waals surface area (Å²) in [6, 6.07) is 9.25. The van der Waals surface area contributed by atoms with E-state index in [9.17, 15) is 0 Å². The van der Waals surface area contributed by atoms with E-state index in [1.54, 1.807) is 25.4 Å². The molecule has 1 aromatic heterocycles. The summed E-state index contributed by atoms with van der Waals surface area (Å²) in [6.07, 6.45) is 2.54. The second-order valence-electron chi connectivity index (χ2n) is 4.10. The van der Waals surface area contributed by atoms with Gasteiger partial charge in [0.2, 0.25) is 5.88 Å². The lowest BCUT2D eigenvalue weighted by atomic mass is 10.1. The molecule has 0 amide bonds. The van der Waals surface area contributed by atoms with Crippen molar-refractivity contribution in [2.75, 3.05) is 7.11 Å². The molecule has 0 aliphatic rings. The highest BCUT2D eigenvalue weighted by molar-refractivity contribution is 5.44. The van der Waals surface area contributed by atoms with Gasteiger partial charge in [-0.25, -0.2) is 4.98 Å². The smallest absolute Gasteiger partial charge is 0.219 e. The van der Waals surface area contributed by atoms with Gasteiger partial charge in [0.05, 0.1) is 13.7 Å². The second kappa shape index (κ2) is 6.20. The lowest BCUT2D eigenvalue weighted by Crippen LogP contribution is -1.94. The number of pyridine rings is 1. The van der Waals surface area contributed by atoms with Crippen molar-refractivity contribution in [2.24, 2.45) is 0 Å². The number of aliphatic hydroxyl groups is 1. The predicted molar refractivity (Wildman–Crippen MR) is 72.6 cm³/mol. The third kappa shape index (κ3) is 3.23. The van der Waals surface area contributed by atoms with Crippen LogP contribution in [0, 0.1) is 0 Å². The van der Waals surface area contributed by atoms with E-state index < -0.39 is 0 Å². The Hall–Kier alpha value is -2.07. The molecule has 2 rings (SSSR count). The summed E-state index contributed by atoms with van der Waals surface area (Å²) in [7, 11) is 1.61. The predicted octanol–water partition coefficient (Wildman–Crippen LogP) is 2.94. The van der Waals surface area contributed by atoms with E-state index in [-0.39, 0.29) is 6.61 Å². The van der Waals surface area contributed by atoms with Gasteiger partial charge in [0.25, 0.3) is 0 Å². The molecule has 0 atom stereocenters. The summed E-state index contributed by atoms with van der Waals surface area (Å²) in [6.45, 7) is 2.05. The van der Waals surface area contributed by atoms with Crippen LogP contribution in [0.4, 0.5) is 0 Å². The van der Waals surface area contributed by atoms with E-state index in [0.717, 1.165) is 12.0 Å². The number of aryl methyl sites for hydroxylation is 1. The lowest BCUT2D eigenvalue weighted by Gasteiger charge is -2.11. The Bertz CT molecular complexity index is 555. The SMILES string of the molecule is CCc1ccc(Oc2cc(CO)ccn2)c(OC)c1. The van der Waals surface area contributed by atoms with Gasteiger partial charge in [-0.15, -0.1) is 0 Å². The number of aliphatic hydroxyl groups excluding tert-OH is 1. The van der Waals surface area contributed by atoms with Crippen LogP contribution in [-0.4, -0.2) is 17.2 Å². The summed E-state index contributed by atoms with van der Waals surface area (Å²) in [5, 5.41) is 9.09. The molecular formula is C15H17NO3. The van der Waals surface area contributed by atoms with Gasteiger partial charge in [0, 0.05) is 12.3 Å². The average Bonchev–Trinajstić information content (AvgIpc) is 2.48. The van der Waals surface area contributed by atoms with Crippen LogP contribution in [-0.2, 0) is 13.0 Å². The number of rotatable bonds is 5. The normalized spacial score (nSPS) is 10.3. The summed E-state index contributed by atoms with van der Waals surface area (Å²) >= 11 is 0. The zero-order chi connectivity index (χ0) is 13.7. The summed E-state index contributed by atoms with van der Waals surface area (Å²) < 4.78 is 11.0. The first-order valence-corrected chi connectivity index (χ1v) is 6.17. The molecule has 0 saturated carbocycles. The van der Waals surface area contributed by atoms with Crippen molar-refractivity contribution in [1.82, 2.24) is 4.98 Å². The molecule has 19 heavy (non-hydrogen) atoms. The second-order valence-corrected chi connectivity index (χ2v) is 4.10. The van der Waals surface area contributed by atoms with Crippen LogP contribution < -0.4 is 9.47 Å². The van der Waals surface area contributed by atoms with Crippen molar-refractivity contribution in [3.63, 3.8) is 0 Å². The molecule has 0 aliphatic heterocycles. The van der Waals surface area contributed by atoms with Gasteiger partial charge in [-0.3, -0.25) is 0 Å². The number of ether oxygens (including phenoxy) is 2. The van der Waals surface area contributed by atoms with Crippen LogP contribution >= 0.6 is 0 Å². The van der Waals surface area contributed by atoms with Crippen molar-refractivity contribution < 1.29 is 14.6 Å². The fourth-order valence-corrected chi connectivity index (χ4v) is 1.73. The Morgan fingerprint density at radius 3 is 2.63 bits per heavy atom. The minimum absolute atomic E-state index is 0.0369. The monoisotopic (exact) mass is 259 g/mol. The van der Waals surface area contributed by atoms with E-state index in [4.69, 9.17) is 14.6 Å². The first-order chi connectivity index (χ1) is 9.26. The fraction of sp³-hybridized carbons (Fsp3) is 0.267. The van der Waals surface area contributed by atoms with Crippen molar-refractivity contribution in [3.8, 4) is 17.4 Å². The fourth-order valence-electron chi connectivity index (χ4n) is 1.73. The summed E-state index contributed by atoms with van der Waals surface area (Å²) in [5.41, 5.74) is 1.94. The molecule has 1 heterocycles. The summed E-state index contributed by atoms with van der Waals surface area (Å²) in [4.78, 5) is 4.11. The molecule has 1 N–H and O–H groups in total. The van der Waals surface area contributed by atoms with Crippen LogP contribution in [0.5, 0.6) is 17.4 Å². The Labute approximate surface area is 112 Å². The van der Waals surface area contributed by atoms with Crippen LogP contribution in [0.25, 0.3) is 0 Å². The summed E-state index contributed by atoms with van der Waals surface area (Å²) in [5.74, 6) is 1.73. The van der Waals surface area contributed by atoms with Crippen molar-refractivity contribution in [3.05, 3.63) is 47.7 Å². The quantitative estimate of drug-likeness (QED) is 0.897. The third-order valence-corrected chi connectivity index (χ3v) is 2.83. The molecule has 0 aliphatic carbocycles.